The lowest BCUT2D eigenvalue weighted by atomic mass is 9.91. The van der Waals surface area contributed by atoms with Gasteiger partial charge in [0, 0.05) is 26.0 Å². The van der Waals surface area contributed by atoms with Gasteiger partial charge in [0.1, 0.15) is 0 Å². The number of carbonyl (C=O) groups is 1. The normalized spacial score (nSPS) is 23.9. The first-order valence-electron chi connectivity index (χ1n) is 6.61. The number of aliphatic hydroxyl groups is 1. The molecular formula is C13H21N3O2. The van der Waals surface area contributed by atoms with E-state index in [0.29, 0.717) is 12.4 Å². The predicted molar refractivity (Wildman–Crippen MR) is 68.2 cm³/mol. The summed E-state index contributed by atoms with van der Waals surface area (Å²) in [6.07, 6.45) is 6.78. The molecule has 5 nitrogen and oxygen atoms in total. The molecule has 1 saturated carbocycles. The van der Waals surface area contributed by atoms with Gasteiger partial charge in [0.05, 0.1) is 12.1 Å². The molecule has 18 heavy (non-hydrogen) atoms. The second-order valence-corrected chi connectivity index (χ2v) is 4.87. The van der Waals surface area contributed by atoms with Crippen LogP contribution in [-0.2, 0) is 7.05 Å². The lowest BCUT2D eigenvalue weighted by Crippen LogP contribution is -2.49. The van der Waals surface area contributed by atoms with Gasteiger partial charge < -0.3 is 14.6 Å². The second-order valence-electron chi connectivity index (χ2n) is 4.87. The van der Waals surface area contributed by atoms with Gasteiger partial charge in [0.2, 0.25) is 0 Å². The van der Waals surface area contributed by atoms with Gasteiger partial charge in [0.15, 0.2) is 5.82 Å². The Morgan fingerprint density at radius 2 is 2.28 bits per heavy atom. The molecule has 1 aromatic rings. The average molecular weight is 251 g/mol. The molecule has 2 rings (SSSR count). The number of likely N-dealkylation sites (N-methyl/N-ethyl adjacent to an activating group) is 1. The highest BCUT2D eigenvalue weighted by Crippen LogP contribution is 2.24. The van der Waals surface area contributed by atoms with Crippen LogP contribution in [0.5, 0.6) is 0 Å². The third-order valence-electron chi connectivity index (χ3n) is 3.71. The number of amides is 1. The highest BCUT2D eigenvalue weighted by molar-refractivity contribution is 5.91. The molecule has 0 aliphatic heterocycles. The van der Waals surface area contributed by atoms with E-state index in [1.54, 1.807) is 21.9 Å². The highest BCUT2D eigenvalue weighted by Gasteiger charge is 2.32. The number of carbonyl (C=O) groups excluding carboxylic acids is 1. The van der Waals surface area contributed by atoms with E-state index in [2.05, 4.69) is 4.98 Å². The van der Waals surface area contributed by atoms with Crippen molar-refractivity contribution in [2.75, 3.05) is 6.54 Å². The molecule has 1 heterocycles. The van der Waals surface area contributed by atoms with E-state index in [-0.39, 0.29) is 11.9 Å². The third-order valence-corrected chi connectivity index (χ3v) is 3.71. The maximum absolute atomic E-state index is 12.4. The van der Waals surface area contributed by atoms with Gasteiger partial charge in [-0.25, -0.2) is 4.98 Å². The molecule has 2 atom stereocenters. The zero-order chi connectivity index (χ0) is 13.1. The summed E-state index contributed by atoms with van der Waals surface area (Å²) in [6, 6.07) is -0.0621. The van der Waals surface area contributed by atoms with Crippen LogP contribution in [-0.4, -0.2) is 44.2 Å². The first-order valence-corrected chi connectivity index (χ1v) is 6.61. The molecule has 1 fully saturated rings. The zero-order valence-corrected chi connectivity index (χ0v) is 11.0. The Bertz CT molecular complexity index is 416. The summed E-state index contributed by atoms with van der Waals surface area (Å²) in [6.45, 7) is 2.55. The van der Waals surface area contributed by atoms with E-state index in [1.807, 2.05) is 14.0 Å². The SMILES string of the molecule is CCN(C(=O)c1nccn1C)[C@@H]1CCCC[C@H]1O. The van der Waals surface area contributed by atoms with Crippen LogP contribution in [0.1, 0.15) is 43.2 Å². The Hall–Kier alpha value is -1.36. The van der Waals surface area contributed by atoms with Crippen molar-refractivity contribution >= 4 is 5.91 Å². The summed E-state index contributed by atoms with van der Waals surface area (Å²) in [5.41, 5.74) is 0. The smallest absolute Gasteiger partial charge is 0.290 e. The Morgan fingerprint density at radius 1 is 1.56 bits per heavy atom. The van der Waals surface area contributed by atoms with Crippen LogP contribution < -0.4 is 0 Å². The minimum atomic E-state index is -0.400. The van der Waals surface area contributed by atoms with Crippen LogP contribution in [0.25, 0.3) is 0 Å². The van der Waals surface area contributed by atoms with Gasteiger partial charge in [-0.2, -0.15) is 0 Å². The fraction of sp³-hybridized carbons (Fsp3) is 0.692. The van der Waals surface area contributed by atoms with Crippen molar-refractivity contribution in [3.05, 3.63) is 18.2 Å². The number of aromatic nitrogens is 2. The highest BCUT2D eigenvalue weighted by atomic mass is 16.3. The van der Waals surface area contributed by atoms with Gasteiger partial charge in [-0.05, 0) is 19.8 Å². The minimum absolute atomic E-state index is 0.0621. The second kappa shape index (κ2) is 5.52. The van der Waals surface area contributed by atoms with Crippen molar-refractivity contribution in [1.82, 2.24) is 14.5 Å². The fourth-order valence-electron chi connectivity index (χ4n) is 2.68. The maximum Gasteiger partial charge on any atom is 0.290 e. The van der Waals surface area contributed by atoms with Gasteiger partial charge in [-0.1, -0.05) is 12.8 Å². The number of aryl methyl sites for hydroxylation is 1. The van der Waals surface area contributed by atoms with E-state index in [9.17, 15) is 9.90 Å². The van der Waals surface area contributed by atoms with E-state index in [4.69, 9.17) is 0 Å². The topological polar surface area (TPSA) is 58.4 Å². The summed E-state index contributed by atoms with van der Waals surface area (Å²) in [7, 11) is 1.81. The summed E-state index contributed by atoms with van der Waals surface area (Å²) in [5, 5.41) is 10.1. The van der Waals surface area contributed by atoms with E-state index >= 15 is 0 Å². The van der Waals surface area contributed by atoms with Crippen molar-refractivity contribution in [3.8, 4) is 0 Å². The molecule has 1 amide bonds. The van der Waals surface area contributed by atoms with E-state index in [0.717, 1.165) is 25.7 Å². The number of hydrogen-bond acceptors (Lipinski definition) is 3. The standard InChI is InChI=1S/C13H21N3O2/c1-3-16(10-6-4-5-7-11(10)17)13(18)12-14-8-9-15(12)2/h8-11,17H,3-7H2,1-2H3/t10-,11-/m1/s1. The summed E-state index contributed by atoms with van der Waals surface area (Å²) in [5.74, 6) is 0.352. The largest absolute Gasteiger partial charge is 0.391 e. The van der Waals surface area contributed by atoms with Gasteiger partial charge in [0.25, 0.3) is 5.91 Å². The molecule has 0 radical (unpaired) electrons. The Morgan fingerprint density at radius 3 is 2.83 bits per heavy atom. The monoisotopic (exact) mass is 251 g/mol. The van der Waals surface area contributed by atoms with Crippen molar-refractivity contribution in [1.29, 1.82) is 0 Å². The summed E-state index contributed by atoms with van der Waals surface area (Å²) >= 11 is 0. The van der Waals surface area contributed by atoms with Crippen molar-refractivity contribution in [2.45, 2.75) is 44.8 Å². The van der Waals surface area contributed by atoms with Crippen molar-refractivity contribution in [3.63, 3.8) is 0 Å². The minimum Gasteiger partial charge on any atom is -0.391 e. The molecule has 100 valence electrons. The first kappa shape index (κ1) is 13.1. The van der Waals surface area contributed by atoms with Crippen LogP contribution >= 0.6 is 0 Å². The quantitative estimate of drug-likeness (QED) is 0.877. The van der Waals surface area contributed by atoms with Crippen LogP contribution in [0.4, 0.5) is 0 Å². The summed E-state index contributed by atoms with van der Waals surface area (Å²) in [4.78, 5) is 18.3. The van der Waals surface area contributed by atoms with Crippen LogP contribution in [0, 0.1) is 0 Å². The van der Waals surface area contributed by atoms with Crippen LogP contribution in [0.15, 0.2) is 12.4 Å². The first-order chi connectivity index (χ1) is 8.65. The molecule has 0 aromatic carbocycles. The molecule has 0 spiro atoms. The number of hydrogen-bond donors (Lipinski definition) is 1. The van der Waals surface area contributed by atoms with Crippen LogP contribution in [0.3, 0.4) is 0 Å². The van der Waals surface area contributed by atoms with Crippen LogP contribution in [0.2, 0.25) is 0 Å². The van der Waals surface area contributed by atoms with Crippen molar-refractivity contribution in [2.24, 2.45) is 7.05 Å². The zero-order valence-electron chi connectivity index (χ0n) is 11.0. The van der Waals surface area contributed by atoms with E-state index in [1.165, 1.54) is 0 Å². The number of rotatable bonds is 3. The lowest BCUT2D eigenvalue weighted by molar-refractivity contribution is 0.0187. The van der Waals surface area contributed by atoms with Crippen molar-refractivity contribution < 1.29 is 9.90 Å². The molecule has 1 aromatic heterocycles. The van der Waals surface area contributed by atoms with Gasteiger partial charge in [-0.15, -0.1) is 0 Å². The number of nitrogens with zero attached hydrogens (tertiary/aromatic N) is 3. The molecule has 5 heteroatoms. The Balaban J connectivity index is 2.17. The molecule has 1 aliphatic carbocycles. The molecule has 1 N–H and O–H groups in total. The predicted octanol–water partition coefficient (Wildman–Crippen LogP) is 1.19. The molecule has 1 aliphatic rings. The Kier molecular flexibility index (Phi) is 4.01. The fourth-order valence-corrected chi connectivity index (χ4v) is 2.68. The lowest BCUT2D eigenvalue weighted by Gasteiger charge is -2.36. The number of aliphatic hydroxyl groups excluding tert-OH is 1. The molecular weight excluding hydrogens is 230 g/mol. The van der Waals surface area contributed by atoms with E-state index < -0.39 is 6.10 Å². The molecule has 0 unspecified atom stereocenters. The third kappa shape index (κ3) is 2.41. The maximum atomic E-state index is 12.4. The Labute approximate surface area is 107 Å². The van der Waals surface area contributed by atoms with Gasteiger partial charge >= 0.3 is 0 Å². The average Bonchev–Trinajstić information content (AvgIpc) is 2.78. The van der Waals surface area contributed by atoms with Gasteiger partial charge in [-0.3, -0.25) is 4.79 Å². The molecule has 0 bridgehead atoms. The number of imidazole rings is 1. The summed E-state index contributed by atoms with van der Waals surface area (Å²) < 4.78 is 1.72. The molecule has 0 saturated heterocycles.